The Morgan fingerprint density at radius 1 is 0.370 bits per heavy atom. The Morgan fingerprint density at radius 3 is 0.833 bits per heavy atom. The molecule has 0 rings (SSSR count). The Morgan fingerprint density at radius 2 is 0.593 bits per heavy atom. The summed E-state index contributed by atoms with van der Waals surface area (Å²) in [6.45, 7) is 8.50. The van der Waals surface area contributed by atoms with Crippen molar-refractivity contribution in [2.75, 3.05) is 52.9 Å². The Kier molecular flexibility index (Phi) is 38.4. The van der Waals surface area contributed by atoms with E-state index in [1.165, 1.54) is 32.1 Å². The second-order valence-corrected chi connectivity index (χ2v) is 14.6. The van der Waals surface area contributed by atoms with E-state index in [-0.39, 0.29) is 37.7 Å². The predicted octanol–water partition coefficient (Wildman–Crippen LogP) is 7.46. The van der Waals surface area contributed by atoms with Crippen LogP contribution in [0.4, 0.5) is 0 Å². The minimum absolute atomic E-state index is 0.156. The lowest BCUT2D eigenvalue weighted by molar-refractivity contribution is -0.159. The summed E-state index contributed by atoms with van der Waals surface area (Å²) < 4.78 is 15.5. The molecule has 5 N–H and O–H groups in total. The second-order valence-electron chi connectivity index (χ2n) is 14.6. The summed E-state index contributed by atoms with van der Waals surface area (Å²) in [5.74, 6) is -1.05. The van der Waals surface area contributed by atoms with Gasteiger partial charge in [0.2, 0.25) is 0 Å². The molecule has 0 aromatic rings. The lowest BCUT2D eigenvalue weighted by atomic mass is 9.92. The predicted molar refractivity (Wildman–Crippen MR) is 215 cm³/mol. The van der Waals surface area contributed by atoms with Gasteiger partial charge in [-0.2, -0.15) is 0 Å². The van der Waals surface area contributed by atoms with Gasteiger partial charge in [0.1, 0.15) is 19.8 Å². The summed E-state index contributed by atoms with van der Waals surface area (Å²) in [7, 11) is 0. The van der Waals surface area contributed by atoms with E-state index in [0.29, 0.717) is 19.3 Å². The van der Waals surface area contributed by atoms with Gasteiger partial charge in [-0.05, 0) is 57.8 Å². The molecule has 0 aromatic carbocycles. The van der Waals surface area contributed by atoms with Crippen molar-refractivity contribution >= 4 is 17.9 Å². The van der Waals surface area contributed by atoms with Crippen LogP contribution in [0.25, 0.3) is 0 Å². The van der Waals surface area contributed by atoms with E-state index < -0.39 is 43.9 Å². The molecule has 0 spiro atoms. The van der Waals surface area contributed by atoms with Crippen molar-refractivity contribution < 1.29 is 54.1 Å². The molecule has 0 radical (unpaired) electrons. The molecular weight excluding hydrogens is 692 g/mol. The van der Waals surface area contributed by atoms with E-state index in [4.69, 9.17) is 29.5 Å². The number of allylic oxidation sites excluding steroid dienone is 3. The third-order valence-corrected chi connectivity index (χ3v) is 9.41. The fourth-order valence-corrected chi connectivity index (χ4v) is 5.27. The zero-order valence-electron chi connectivity index (χ0n) is 33.7. The highest BCUT2D eigenvalue weighted by Crippen LogP contribution is 2.20. The molecule has 316 valence electrons. The van der Waals surface area contributed by atoms with E-state index in [1.54, 1.807) is 0 Å². The van der Waals surface area contributed by atoms with Crippen molar-refractivity contribution in [1.82, 2.24) is 0 Å². The highest BCUT2D eigenvalue weighted by atomic mass is 16.6. The van der Waals surface area contributed by atoms with Gasteiger partial charge in [0.05, 0.1) is 43.9 Å². The van der Waals surface area contributed by atoms with E-state index in [9.17, 15) is 24.6 Å². The van der Waals surface area contributed by atoms with Gasteiger partial charge in [0.25, 0.3) is 0 Å². The number of esters is 3. The Hall–Kier alpha value is -2.57. The first-order chi connectivity index (χ1) is 26.2. The van der Waals surface area contributed by atoms with Crippen LogP contribution in [0.15, 0.2) is 38.0 Å². The molecular formula is C43H78O11. The van der Waals surface area contributed by atoms with Crippen molar-refractivity contribution in [3.05, 3.63) is 38.0 Å². The summed E-state index contributed by atoms with van der Waals surface area (Å²) in [5, 5.41) is 46.8. The molecule has 0 bridgehead atoms. The number of hydrogen-bond acceptors (Lipinski definition) is 11. The number of carbonyl (C=O) groups excluding carboxylic acids is 3. The molecule has 0 saturated heterocycles. The first-order valence-corrected chi connectivity index (χ1v) is 20.5. The number of hydrogen-bond donors (Lipinski definition) is 5. The van der Waals surface area contributed by atoms with Crippen LogP contribution in [0.1, 0.15) is 154 Å². The molecule has 0 aliphatic rings. The molecule has 0 unspecified atom stereocenters. The lowest BCUT2D eigenvalue weighted by Gasteiger charge is -2.28. The molecule has 0 fully saturated rings. The van der Waals surface area contributed by atoms with E-state index in [0.717, 1.165) is 103 Å². The monoisotopic (exact) mass is 771 g/mol. The summed E-state index contributed by atoms with van der Waals surface area (Å²) in [5.41, 5.74) is -2.30. The van der Waals surface area contributed by atoms with Gasteiger partial charge in [-0.15, -0.1) is 19.7 Å². The third-order valence-electron chi connectivity index (χ3n) is 9.41. The van der Waals surface area contributed by atoms with Crippen molar-refractivity contribution in [2.45, 2.75) is 154 Å². The second kappa shape index (κ2) is 38.7. The summed E-state index contributed by atoms with van der Waals surface area (Å²) >= 11 is 0. The van der Waals surface area contributed by atoms with Crippen LogP contribution in [0.2, 0.25) is 0 Å². The van der Waals surface area contributed by atoms with Crippen LogP contribution in [-0.4, -0.2) is 96.3 Å². The molecule has 11 heteroatoms. The SMILES string of the molecule is C=CCCCCCCCCC(=O)OCC(CO)(CO)CO.C=CCCCCCCCCC(=O)OCC(CO)(CO)COC(=O)CCCCCCCCC=C. The molecule has 0 atom stereocenters. The van der Waals surface area contributed by atoms with E-state index in [2.05, 4.69) is 19.7 Å². The maximum absolute atomic E-state index is 12.0. The summed E-state index contributed by atoms with van der Waals surface area (Å²) in [6.07, 6.45) is 29.0. The van der Waals surface area contributed by atoms with Crippen molar-refractivity contribution in [1.29, 1.82) is 0 Å². The molecule has 0 saturated carbocycles. The minimum Gasteiger partial charge on any atom is -0.465 e. The lowest BCUT2D eigenvalue weighted by Crippen LogP contribution is -2.41. The zero-order chi connectivity index (χ0) is 40.6. The Labute approximate surface area is 327 Å². The Balaban J connectivity index is 0. The van der Waals surface area contributed by atoms with Crippen LogP contribution in [0, 0.1) is 10.8 Å². The van der Waals surface area contributed by atoms with Gasteiger partial charge in [0, 0.05) is 19.3 Å². The van der Waals surface area contributed by atoms with Crippen LogP contribution >= 0.6 is 0 Å². The van der Waals surface area contributed by atoms with Crippen LogP contribution in [0.3, 0.4) is 0 Å². The van der Waals surface area contributed by atoms with Crippen LogP contribution < -0.4 is 0 Å². The van der Waals surface area contributed by atoms with E-state index in [1.807, 2.05) is 18.2 Å². The van der Waals surface area contributed by atoms with Gasteiger partial charge in [-0.1, -0.05) is 95.3 Å². The Bertz CT molecular complexity index is 878. The summed E-state index contributed by atoms with van der Waals surface area (Å²) in [6, 6.07) is 0. The average Bonchev–Trinajstić information content (AvgIpc) is 3.19. The minimum atomic E-state index is -1.17. The van der Waals surface area contributed by atoms with Crippen molar-refractivity contribution in [2.24, 2.45) is 10.8 Å². The zero-order valence-corrected chi connectivity index (χ0v) is 33.7. The van der Waals surface area contributed by atoms with Crippen molar-refractivity contribution in [3.8, 4) is 0 Å². The number of rotatable bonds is 38. The quantitative estimate of drug-likeness (QED) is 0.0182. The number of aliphatic hydroxyl groups excluding tert-OH is 5. The highest BCUT2D eigenvalue weighted by molar-refractivity contribution is 5.70. The molecule has 11 nitrogen and oxygen atoms in total. The first kappa shape index (κ1) is 53.5. The number of ether oxygens (including phenoxy) is 3. The maximum atomic E-state index is 12.0. The average molecular weight is 771 g/mol. The number of carbonyl (C=O) groups is 3. The fourth-order valence-electron chi connectivity index (χ4n) is 5.27. The molecule has 0 heterocycles. The smallest absolute Gasteiger partial charge is 0.305 e. The molecule has 0 aliphatic heterocycles. The van der Waals surface area contributed by atoms with Gasteiger partial charge in [-0.3, -0.25) is 14.4 Å². The molecule has 0 amide bonds. The molecule has 0 aliphatic carbocycles. The number of aliphatic hydroxyl groups is 5. The van der Waals surface area contributed by atoms with Crippen LogP contribution in [-0.2, 0) is 28.6 Å². The van der Waals surface area contributed by atoms with Crippen LogP contribution in [0.5, 0.6) is 0 Å². The van der Waals surface area contributed by atoms with E-state index >= 15 is 0 Å². The number of unbranched alkanes of at least 4 members (excludes halogenated alkanes) is 18. The van der Waals surface area contributed by atoms with Crippen molar-refractivity contribution in [3.63, 3.8) is 0 Å². The molecule has 0 aromatic heterocycles. The summed E-state index contributed by atoms with van der Waals surface area (Å²) in [4.78, 5) is 35.6. The maximum Gasteiger partial charge on any atom is 0.305 e. The fraction of sp³-hybridized carbons (Fsp3) is 0.791. The standard InChI is InChI=1S/C27H48O6.C16H30O5/c1-3-5-7-9-11-13-15-17-19-25(30)32-23-27(21-28,22-29)24-33-26(31)20-18-16-14-12-10-8-6-4-2;1-2-3-4-5-6-7-8-9-10-15(20)21-14-16(11-17,12-18)13-19/h3-4,28-29H,1-2,5-24H2;2,17-19H,1,3-14H2. The largest absolute Gasteiger partial charge is 0.465 e. The van der Waals surface area contributed by atoms with Gasteiger partial charge < -0.3 is 39.7 Å². The molecule has 54 heavy (non-hydrogen) atoms. The third kappa shape index (κ3) is 31.7. The topological polar surface area (TPSA) is 180 Å². The van der Waals surface area contributed by atoms with Gasteiger partial charge in [-0.25, -0.2) is 0 Å². The first-order valence-electron chi connectivity index (χ1n) is 20.5. The normalized spacial score (nSPS) is 11.3. The highest BCUT2D eigenvalue weighted by Gasteiger charge is 2.33. The van der Waals surface area contributed by atoms with Gasteiger partial charge >= 0.3 is 17.9 Å². The van der Waals surface area contributed by atoms with Gasteiger partial charge in [0.15, 0.2) is 0 Å².